The van der Waals surface area contributed by atoms with E-state index in [1.165, 1.54) is 5.56 Å². The lowest BCUT2D eigenvalue weighted by atomic mass is 10.2. The minimum Gasteiger partial charge on any atom is -0.378 e. The standard InChI is InChI=1S/C25H22N6/c1-17-28-21-5-3-4-6-24(21)31(17)16-19-9-12-23-22(13-19)29-25(30(23)2)15-27-20-10-7-18(14-26)8-11-20/h3-13,27H,15-16H2,1-2H3. The molecule has 0 saturated carbocycles. The topological polar surface area (TPSA) is 71.5 Å². The lowest BCUT2D eigenvalue weighted by Gasteiger charge is -2.08. The van der Waals surface area contributed by atoms with Crippen molar-refractivity contribution in [3.05, 3.63) is 89.5 Å². The van der Waals surface area contributed by atoms with Crippen LogP contribution in [0.4, 0.5) is 5.69 Å². The molecule has 0 fully saturated rings. The molecule has 6 nitrogen and oxygen atoms in total. The third-order valence-corrected chi connectivity index (χ3v) is 5.69. The first-order valence-electron chi connectivity index (χ1n) is 10.2. The summed E-state index contributed by atoms with van der Waals surface area (Å²) in [6.45, 7) is 3.42. The minimum atomic E-state index is 0.609. The maximum atomic E-state index is 8.94. The summed E-state index contributed by atoms with van der Waals surface area (Å²) in [6.07, 6.45) is 0. The second kappa shape index (κ2) is 7.62. The zero-order chi connectivity index (χ0) is 21.4. The maximum Gasteiger partial charge on any atom is 0.128 e. The molecule has 0 unspecified atom stereocenters. The van der Waals surface area contributed by atoms with E-state index in [-0.39, 0.29) is 0 Å². The van der Waals surface area contributed by atoms with Crippen molar-refractivity contribution in [3.63, 3.8) is 0 Å². The van der Waals surface area contributed by atoms with Gasteiger partial charge in [0.1, 0.15) is 11.6 Å². The maximum absolute atomic E-state index is 8.94. The lowest BCUT2D eigenvalue weighted by Crippen LogP contribution is -2.05. The highest BCUT2D eigenvalue weighted by Gasteiger charge is 2.11. The van der Waals surface area contributed by atoms with Crippen molar-refractivity contribution in [2.45, 2.75) is 20.0 Å². The normalized spacial score (nSPS) is 11.1. The highest BCUT2D eigenvalue weighted by atomic mass is 15.1. The van der Waals surface area contributed by atoms with E-state index in [9.17, 15) is 0 Å². The molecule has 0 saturated heterocycles. The van der Waals surface area contributed by atoms with E-state index in [2.05, 4.69) is 55.8 Å². The number of anilines is 1. The number of aromatic nitrogens is 4. The van der Waals surface area contributed by atoms with Gasteiger partial charge in [-0.05, 0) is 61.0 Å². The largest absolute Gasteiger partial charge is 0.378 e. The van der Waals surface area contributed by atoms with Crippen LogP contribution in [0.25, 0.3) is 22.1 Å². The second-order valence-electron chi connectivity index (χ2n) is 7.69. The molecule has 6 heteroatoms. The van der Waals surface area contributed by atoms with Crippen LogP contribution in [-0.2, 0) is 20.1 Å². The molecule has 5 aromatic rings. The molecule has 0 amide bonds. The summed E-state index contributed by atoms with van der Waals surface area (Å²) in [4.78, 5) is 9.53. The molecule has 3 aromatic carbocycles. The lowest BCUT2D eigenvalue weighted by molar-refractivity contribution is 0.786. The van der Waals surface area contributed by atoms with E-state index in [1.54, 1.807) is 0 Å². The van der Waals surface area contributed by atoms with Gasteiger partial charge in [0.25, 0.3) is 0 Å². The Morgan fingerprint density at radius 3 is 2.55 bits per heavy atom. The van der Waals surface area contributed by atoms with Crippen molar-refractivity contribution in [2.24, 2.45) is 7.05 Å². The number of nitriles is 1. The van der Waals surface area contributed by atoms with Gasteiger partial charge in [-0.25, -0.2) is 9.97 Å². The van der Waals surface area contributed by atoms with Crippen LogP contribution in [0.15, 0.2) is 66.7 Å². The average Bonchev–Trinajstić information content (AvgIpc) is 3.28. The third-order valence-electron chi connectivity index (χ3n) is 5.69. The van der Waals surface area contributed by atoms with Crippen molar-refractivity contribution in [2.75, 3.05) is 5.32 Å². The molecule has 0 aliphatic rings. The Kier molecular flexibility index (Phi) is 4.64. The fourth-order valence-electron chi connectivity index (χ4n) is 3.97. The van der Waals surface area contributed by atoms with Crippen LogP contribution in [0.1, 0.15) is 22.8 Å². The summed E-state index contributed by atoms with van der Waals surface area (Å²) >= 11 is 0. The van der Waals surface area contributed by atoms with Crippen molar-refractivity contribution >= 4 is 27.8 Å². The van der Waals surface area contributed by atoms with Gasteiger partial charge in [0.05, 0.1) is 40.2 Å². The molecule has 31 heavy (non-hydrogen) atoms. The average molecular weight is 406 g/mol. The van der Waals surface area contributed by atoms with Gasteiger partial charge < -0.3 is 14.5 Å². The number of aryl methyl sites for hydroxylation is 2. The van der Waals surface area contributed by atoms with Crippen molar-refractivity contribution < 1.29 is 0 Å². The number of fused-ring (bicyclic) bond motifs is 2. The van der Waals surface area contributed by atoms with Gasteiger partial charge in [-0.1, -0.05) is 18.2 Å². The Labute approximate surface area is 180 Å². The Hall–Kier alpha value is -4.11. The molecule has 1 N–H and O–H groups in total. The van der Waals surface area contributed by atoms with Gasteiger partial charge >= 0.3 is 0 Å². The quantitative estimate of drug-likeness (QED) is 0.457. The SMILES string of the molecule is Cc1nc2ccccc2n1Cc1ccc2c(c1)nc(CNc1ccc(C#N)cc1)n2C. The van der Waals surface area contributed by atoms with E-state index in [0.29, 0.717) is 12.1 Å². The van der Waals surface area contributed by atoms with Crippen LogP contribution in [-0.4, -0.2) is 19.1 Å². The number of nitrogens with one attached hydrogen (secondary N) is 1. The molecule has 2 heterocycles. The van der Waals surface area contributed by atoms with Crippen LogP contribution >= 0.6 is 0 Å². The molecule has 0 spiro atoms. The van der Waals surface area contributed by atoms with Gasteiger partial charge in [0.15, 0.2) is 0 Å². The van der Waals surface area contributed by atoms with Crippen LogP contribution in [0, 0.1) is 18.3 Å². The third kappa shape index (κ3) is 3.51. The van der Waals surface area contributed by atoms with E-state index >= 15 is 0 Å². The van der Waals surface area contributed by atoms with Crippen LogP contribution in [0.5, 0.6) is 0 Å². The molecule has 0 aliphatic carbocycles. The number of hydrogen-bond acceptors (Lipinski definition) is 4. The van der Waals surface area contributed by atoms with Gasteiger partial charge in [-0.15, -0.1) is 0 Å². The van der Waals surface area contributed by atoms with Crippen molar-refractivity contribution in [1.29, 1.82) is 5.26 Å². The predicted molar refractivity (Wildman–Crippen MR) is 123 cm³/mol. The Morgan fingerprint density at radius 1 is 0.935 bits per heavy atom. The molecule has 152 valence electrons. The Bertz CT molecular complexity index is 1430. The number of nitrogens with zero attached hydrogens (tertiary/aromatic N) is 5. The highest BCUT2D eigenvalue weighted by molar-refractivity contribution is 5.78. The predicted octanol–water partition coefficient (Wildman–Crippen LogP) is 4.76. The molecular weight excluding hydrogens is 384 g/mol. The number of para-hydroxylation sites is 2. The van der Waals surface area contributed by atoms with Gasteiger partial charge in [0.2, 0.25) is 0 Å². The number of hydrogen-bond donors (Lipinski definition) is 1. The molecular formula is C25H22N6. The number of rotatable bonds is 5. The fraction of sp³-hybridized carbons (Fsp3) is 0.160. The summed E-state index contributed by atoms with van der Waals surface area (Å²) in [5, 5.41) is 12.3. The Morgan fingerprint density at radius 2 is 1.74 bits per heavy atom. The van der Waals surface area contributed by atoms with Gasteiger partial charge in [-0.3, -0.25) is 0 Å². The van der Waals surface area contributed by atoms with Crippen molar-refractivity contribution in [1.82, 2.24) is 19.1 Å². The second-order valence-corrected chi connectivity index (χ2v) is 7.69. The van der Waals surface area contributed by atoms with Crippen LogP contribution < -0.4 is 5.32 Å². The number of benzene rings is 3. The smallest absolute Gasteiger partial charge is 0.128 e. The summed E-state index contributed by atoms with van der Waals surface area (Å²) in [6, 6.07) is 24.3. The molecule has 0 bridgehead atoms. The van der Waals surface area contributed by atoms with E-state index in [4.69, 9.17) is 10.2 Å². The molecule has 2 aromatic heterocycles. The summed E-state index contributed by atoms with van der Waals surface area (Å²) in [5.41, 5.74) is 7.08. The minimum absolute atomic E-state index is 0.609. The van der Waals surface area contributed by atoms with E-state index < -0.39 is 0 Å². The molecule has 0 aliphatic heterocycles. The van der Waals surface area contributed by atoms with Gasteiger partial charge in [-0.2, -0.15) is 5.26 Å². The first-order valence-corrected chi connectivity index (χ1v) is 10.2. The monoisotopic (exact) mass is 406 g/mol. The highest BCUT2D eigenvalue weighted by Crippen LogP contribution is 2.21. The molecule has 0 atom stereocenters. The molecule has 0 radical (unpaired) electrons. The van der Waals surface area contributed by atoms with Crippen molar-refractivity contribution in [3.8, 4) is 6.07 Å². The zero-order valence-electron chi connectivity index (χ0n) is 17.5. The molecule has 5 rings (SSSR count). The zero-order valence-corrected chi connectivity index (χ0v) is 17.5. The first-order chi connectivity index (χ1) is 15.1. The van der Waals surface area contributed by atoms with E-state index in [0.717, 1.165) is 45.9 Å². The van der Waals surface area contributed by atoms with Crippen LogP contribution in [0.2, 0.25) is 0 Å². The Balaban J connectivity index is 1.40. The summed E-state index contributed by atoms with van der Waals surface area (Å²) in [7, 11) is 2.04. The van der Waals surface area contributed by atoms with E-state index in [1.807, 2.05) is 50.4 Å². The fourth-order valence-corrected chi connectivity index (χ4v) is 3.97. The first kappa shape index (κ1) is 18.9. The van der Waals surface area contributed by atoms with Crippen LogP contribution in [0.3, 0.4) is 0 Å². The summed E-state index contributed by atoms with van der Waals surface area (Å²) in [5.74, 6) is 1.97. The summed E-state index contributed by atoms with van der Waals surface area (Å²) < 4.78 is 4.36. The van der Waals surface area contributed by atoms with Gasteiger partial charge in [0, 0.05) is 19.3 Å². The number of imidazole rings is 2.